The minimum atomic E-state index is -4.46. The van der Waals surface area contributed by atoms with Crippen molar-refractivity contribution in [3.05, 3.63) is 52.1 Å². The Kier molecular flexibility index (Phi) is 3.80. The van der Waals surface area contributed by atoms with Gasteiger partial charge in [0.15, 0.2) is 0 Å². The topological polar surface area (TPSA) is 22.1 Å². The number of hydrogen-bond acceptors (Lipinski definition) is 2. The molecular weight excluding hydrogens is 323 g/mol. The van der Waals surface area contributed by atoms with Gasteiger partial charge in [-0.15, -0.1) is 0 Å². The lowest BCUT2D eigenvalue weighted by atomic mass is 10.2. The lowest BCUT2D eigenvalue weighted by molar-refractivity contribution is -0.138. The number of aryl methyl sites for hydroxylation is 1. The Morgan fingerprint density at radius 1 is 1.21 bits per heavy atom. The minimum absolute atomic E-state index is 0.153. The van der Waals surface area contributed by atoms with E-state index >= 15 is 0 Å². The highest BCUT2D eigenvalue weighted by Crippen LogP contribution is 2.38. The third-order valence-electron chi connectivity index (χ3n) is 2.40. The van der Waals surface area contributed by atoms with Crippen molar-refractivity contribution in [2.45, 2.75) is 13.1 Å². The number of benzene rings is 1. The molecule has 0 aliphatic rings. The molecule has 1 heterocycles. The molecule has 6 heteroatoms. The molecule has 100 valence electrons. The van der Waals surface area contributed by atoms with Gasteiger partial charge in [0.2, 0.25) is 5.88 Å². The van der Waals surface area contributed by atoms with Crippen LogP contribution in [0.4, 0.5) is 13.2 Å². The molecule has 19 heavy (non-hydrogen) atoms. The van der Waals surface area contributed by atoms with Gasteiger partial charge in [0.25, 0.3) is 0 Å². The van der Waals surface area contributed by atoms with Gasteiger partial charge in [-0.1, -0.05) is 12.1 Å². The number of aromatic nitrogens is 1. The van der Waals surface area contributed by atoms with E-state index in [0.29, 0.717) is 5.56 Å². The first-order valence-corrected chi connectivity index (χ1v) is 6.13. The molecule has 0 amide bonds. The lowest BCUT2D eigenvalue weighted by Crippen LogP contribution is -2.07. The van der Waals surface area contributed by atoms with Crippen LogP contribution in [-0.4, -0.2) is 4.98 Å². The number of ether oxygens (including phenoxy) is 1. The summed E-state index contributed by atoms with van der Waals surface area (Å²) in [5.41, 5.74) is -0.175. The van der Waals surface area contributed by atoms with Crippen molar-refractivity contribution in [3.8, 4) is 11.6 Å². The van der Waals surface area contributed by atoms with E-state index < -0.39 is 11.7 Å². The minimum Gasteiger partial charge on any atom is -0.438 e. The Balaban J connectivity index is 2.39. The molecular formula is C13H9BrF3NO. The van der Waals surface area contributed by atoms with Crippen molar-refractivity contribution >= 4 is 15.9 Å². The molecule has 0 spiro atoms. The van der Waals surface area contributed by atoms with E-state index in [4.69, 9.17) is 4.74 Å². The van der Waals surface area contributed by atoms with E-state index in [-0.39, 0.29) is 11.6 Å². The van der Waals surface area contributed by atoms with Gasteiger partial charge in [0.05, 0.1) is 5.56 Å². The standard InChI is InChI=1S/C13H9BrF3NO/c1-8-6-9(14)7-18-12(8)19-11-5-3-2-4-10(11)13(15,16)17/h2-7H,1H3. The number of halogens is 4. The molecule has 0 unspecified atom stereocenters. The van der Waals surface area contributed by atoms with E-state index in [1.165, 1.54) is 24.4 Å². The third kappa shape index (κ3) is 3.26. The summed E-state index contributed by atoms with van der Waals surface area (Å²) in [6.45, 7) is 1.71. The molecule has 0 N–H and O–H groups in total. The van der Waals surface area contributed by atoms with Gasteiger partial charge >= 0.3 is 6.18 Å². The molecule has 2 nitrogen and oxygen atoms in total. The van der Waals surface area contributed by atoms with Crippen molar-refractivity contribution in [2.75, 3.05) is 0 Å². The maximum Gasteiger partial charge on any atom is 0.419 e. The highest BCUT2D eigenvalue weighted by atomic mass is 79.9. The predicted octanol–water partition coefficient (Wildman–Crippen LogP) is 4.96. The van der Waals surface area contributed by atoms with Crippen LogP contribution in [0.3, 0.4) is 0 Å². The number of alkyl halides is 3. The Hall–Kier alpha value is -1.56. The van der Waals surface area contributed by atoms with E-state index in [1.807, 2.05) is 0 Å². The second-order valence-corrected chi connectivity index (χ2v) is 4.79. The molecule has 0 saturated heterocycles. The summed E-state index contributed by atoms with van der Waals surface area (Å²) in [5.74, 6) is -0.104. The molecule has 0 atom stereocenters. The molecule has 0 aliphatic heterocycles. The SMILES string of the molecule is Cc1cc(Br)cnc1Oc1ccccc1C(F)(F)F. The summed E-state index contributed by atoms with van der Waals surface area (Å²) in [4.78, 5) is 3.96. The van der Waals surface area contributed by atoms with Crippen LogP contribution in [0.25, 0.3) is 0 Å². The number of para-hydroxylation sites is 1. The number of pyridine rings is 1. The Bertz CT molecular complexity index is 599. The van der Waals surface area contributed by atoms with Gasteiger partial charge in [-0.05, 0) is 41.1 Å². The van der Waals surface area contributed by atoms with Crippen LogP contribution in [-0.2, 0) is 6.18 Å². The van der Waals surface area contributed by atoms with E-state index in [2.05, 4.69) is 20.9 Å². The fourth-order valence-corrected chi connectivity index (χ4v) is 1.97. The van der Waals surface area contributed by atoms with Gasteiger partial charge in [0.1, 0.15) is 5.75 Å². The van der Waals surface area contributed by atoms with Crippen LogP contribution in [0.2, 0.25) is 0 Å². The van der Waals surface area contributed by atoms with Gasteiger partial charge in [-0.2, -0.15) is 13.2 Å². The summed E-state index contributed by atoms with van der Waals surface area (Å²) in [6, 6.07) is 6.77. The van der Waals surface area contributed by atoms with E-state index in [1.54, 1.807) is 13.0 Å². The number of hydrogen-bond donors (Lipinski definition) is 0. The zero-order chi connectivity index (χ0) is 14.0. The summed E-state index contributed by atoms with van der Waals surface area (Å²) >= 11 is 3.23. The summed E-state index contributed by atoms with van der Waals surface area (Å²) in [6.07, 6.45) is -2.99. The Labute approximate surface area is 116 Å². The van der Waals surface area contributed by atoms with Crippen LogP contribution in [0.5, 0.6) is 11.6 Å². The molecule has 0 saturated carbocycles. The normalized spacial score (nSPS) is 11.4. The van der Waals surface area contributed by atoms with Crippen molar-refractivity contribution in [1.29, 1.82) is 0 Å². The Morgan fingerprint density at radius 2 is 1.89 bits per heavy atom. The van der Waals surface area contributed by atoms with Crippen molar-refractivity contribution in [3.63, 3.8) is 0 Å². The largest absolute Gasteiger partial charge is 0.438 e. The van der Waals surface area contributed by atoms with Gasteiger partial charge < -0.3 is 4.74 Å². The molecule has 1 aromatic carbocycles. The number of nitrogens with zero attached hydrogens (tertiary/aromatic N) is 1. The first kappa shape index (κ1) is 13.9. The lowest BCUT2D eigenvalue weighted by Gasteiger charge is -2.13. The molecule has 0 fully saturated rings. The molecule has 0 radical (unpaired) electrons. The van der Waals surface area contributed by atoms with E-state index in [9.17, 15) is 13.2 Å². The van der Waals surface area contributed by atoms with Crippen LogP contribution in [0.15, 0.2) is 41.0 Å². The molecule has 0 aliphatic carbocycles. The van der Waals surface area contributed by atoms with Crippen LogP contribution in [0.1, 0.15) is 11.1 Å². The second-order valence-electron chi connectivity index (χ2n) is 3.87. The zero-order valence-corrected chi connectivity index (χ0v) is 11.4. The smallest absolute Gasteiger partial charge is 0.419 e. The zero-order valence-electron chi connectivity index (χ0n) is 9.83. The highest BCUT2D eigenvalue weighted by molar-refractivity contribution is 9.10. The monoisotopic (exact) mass is 331 g/mol. The van der Waals surface area contributed by atoms with Crippen molar-refractivity contribution in [2.24, 2.45) is 0 Å². The molecule has 1 aromatic heterocycles. The van der Waals surface area contributed by atoms with Gasteiger partial charge in [-0.3, -0.25) is 0 Å². The predicted molar refractivity (Wildman–Crippen MR) is 68.2 cm³/mol. The van der Waals surface area contributed by atoms with Gasteiger partial charge in [0, 0.05) is 16.2 Å². The fraction of sp³-hybridized carbons (Fsp3) is 0.154. The molecule has 2 aromatic rings. The fourth-order valence-electron chi connectivity index (χ4n) is 1.53. The second kappa shape index (κ2) is 5.21. The average Bonchev–Trinajstić information content (AvgIpc) is 2.32. The number of rotatable bonds is 2. The third-order valence-corrected chi connectivity index (χ3v) is 2.83. The Morgan fingerprint density at radius 3 is 2.53 bits per heavy atom. The summed E-state index contributed by atoms with van der Waals surface area (Å²) < 4.78 is 44.4. The first-order chi connectivity index (χ1) is 8.88. The maximum atomic E-state index is 12.8. The van der Waals surface area contributed by atoms with Crippen molar-refractivity contribution < 1.29 is 17.9 Å². The van der Waals surface area contributed by atoms with Crippen LogP contribution in [0, 0.1) is 6.92 Å². The molecule has 2 rings (SSSR count). The summed E-state index contributed by atoms with van der Waals surface area (Å²) in [7, 11) is 0. The van der Waals surface area contributed by atoms with Gasteiger partial charge in [-0.25, -0.2) is 4.98 Å². The summed E-state index contributed by atoms with van der Waals surface area (Å²) in [5, 5.41) is 0. The highest BCUT2D eigenvalue weighted by Gasteiger charge is 2.34. The average molecular weight is 332 g/mol. The van der Waals surface area contributed by atoms with E-state index in [0.717, 1.165) is 10.5 Å². The maximum absolute atomic E-state index is 12.8. The van der Waals surface area contributed by atoms with Crippen LogP contribution < -0.4 is 4.74 Å². The molecule has 0 bridgehead atoms. The quantitative estimate of drug-likeness (QED) is 0.775. The van der Waals surface area contributed by atoms with Crippen molar-refractivity contribution in [1.82, 2.24) is 4.98 Å². The van der Waals surface area contributed by atoms with Crippen LogP contribution >= 0.6 is 15.9 Å². The first-order valence-electron chi connectivity index (χ1n) is 5.34.